The normalized spacial score (nSPS) is 19.6. The zero-order valence-electron chi connectivity index (χ0n) is 9.27. The smallest absolute Gasteiger partial charge is 0.255 e. The molecule has 0 aliphatic carbocycles. The number of nitrogen functional groups attached to an aromatic ring is 1. The van der Waals surface area contributed by atoms with Crippen molar-refractivity contribution < 1.29 is 9.90 Å². The number of anilines is 1. The molecule has 5 nitrogen and oxygen atoms in total. The third-order valence-electron chi connectivity index (χ3n) is 2.96. The summed E-state index contributed by atoms with van der Waals surface area (Å²) < 4.78 is 0.625. The first kappa shape index (κ1) is 12.3. The van der Waals surface area contributed by atoms with Gasteiger partial charge in [0.15, 0.2) is 0 Å². The maximum Gasteiger partial charge on any atom is 0.255 e. The molecule has 6 heteroatoms. The predicted molar refractivity (Wildman–Crippen MR) is 67.5 cm³/mol. The van der Waals surface area contributed by atoms with Gasteiger partial charge in [-0.15, -0.1) is 0 Å². The van der Waals surface area contributed by atoms with Crippen LogP contribution in [0.25, 0.3) is 0 Å². The summed E-state index contributed by atoms with van der Waals surface area (Å²) >= 11 is 3.29. The standard InChI is InChI=1S/C11H14BrN3O2/c12-9-5-14-10(13)4-8(9)11(17)15-3-1-2-7(15)6-16/h4-5,7,16H,1-3,6H2,(H2,13,14)/t7-/m1/s1. The lowest BCUT2D eigenvalue weighted by Crippen LogP contribution is -2.37. The monoisotopic (exact) mass is 299 g/mol. The number of pyridine rings is 1. The van der Waals surface area contributed by atoms with Crippen LogP contribution in [0.2, 0.25) is 0 Å². The summed E-state index contributed by atoms with van der Waals surface area (Å²) in [6.07, 6.45) is 3.29. The number of carbonyl (C=O) groups is 1. The fourth-order valence-corrected chi connectivity index (χ4v) is 2.45. The van der Waals surface area contributed by atoms with Crippen molar-refractivity contribution in [3.05, 3.63) is 22.3 Å². The minimum atomic E-state index is -0.109. The first-order chi connectivity index (χ1) is 8.13. The van der Waals surface area contributed by atoms with Crippen molar-refractivity contribution in [2.24, 2.45) is 0 Å². The summed E-state index contributed by atoms with van der Waals surface area (Å²) in [6.45, 7) is 0.683. The molecule has 0 aromatic carbocycles. The minimum absolute atomic E-state index is 0.00389. The molecule has 0 unspecified atom stereocenters. The summed E-state index contributed by atoms with van der Waals surface area (Å²) in [5.41, 5.74) is 6.08. The second-order valence-electron chi connectivity index (χ2n) is 4.07. The van der Waals surface area contributed by atoms with Gasteiger partial charge in [0.1, 0.15) is 5.82 Å². The highest BCUT2D eigenvalue weighted by Crippen LogP contribution is 2.24. The number of aliphatic hydroxyl groups excluding tert-OH is 1. The summed E-state index contributed by atoms with van der Waals surface area (Å²) in [5.74, 6) is 0.207. The van der Waals surface area contributed by atoms with Crippen molar-refractivity contribution in [1.82, 2.24) is 9.88 Å². The lowest BCUT2D eigenvalue weighted by molar-refractivity contribution is 0.0676. The van der Waals surface area contributed by atoms with Gasteiger partial charge in [-0.2, -0.15) is 0 Å². The van der Waals surface area contributed by atoms with E-state index in [1.165, 1.54) is 6.20 Å². The molecule has 0 saturated carbocycles. The van der Waals surface area contributed by atoms with Crippen molar-refractivity contribution in [2.75, 3.05) is 18.9 Å². The van der Waals surface area contributed by atoms with Gasteiger partial charge in [0.25, 0.3) is 5.91 Å². The van der Waals surface area contributed by atoms with Gasteiger partial charge in [-0.1, -0.05) is 0 Å². The molecule has 3 N–H and O–H groups in total. The van der Waals surface area contributed by atoms with E-state index in [0.29, 0.717) is 22.4 Å². The molecule has 1 aromatic rings. The largest absolute Gasteiger partial charge is 0.394 e. The summed E-state index contributed by atoms with van der Waals surface area (Å²) in [4.78, 5) is 17.9. The molecule has 1 fully saturated rings. The predicted octanol–water partition coefficient (Wildman–Crippen LogP) is 1.02. The highest BCUT2D eigenvalue weighted by Gasteiger charge is 2.29. The number of hydrogen-bond donors (Lipinski definition) is 2. The van der Waals surface area contributed by atoms with Gasteiger partial charge in [0, 0.05) is 17.2 Å². The number of carbonyl (C=O) groups excluding carboxylic acids is 1. The van der Waals surface area contributed by atoms with E-state index in [1.54, 1.807) is 11.0 Å². The molecule has 1 aromatic heterocycles. The van der Waals surface area contributed by atoms with E-state index in [2.05, 4.69) is 20.9 Å². The Labute approximate surface area is 108 Å². The van der Waals surface area contributed by atoms with Gasteiger partial charge in [-0.3, -0.25) is 4.79 Å². The van der Waals surface area contributed by atoms with Crippen molar-refractivity contribution in [3.8, 4) is 0 Å². The van der Waals surface area contributed by atoms with Crippen LogP contribution < -0.4 is 5.73 Å². The lowest BCUT2D eigenvalue weighted by atomic mass is 10.2. The Bertz CT molecular complexity index is 439. The van der Waals surface area contributed by atoms with Crippen LogP contribution >= 0.6 is 15.9 Å². The van der Waals surface area contributed by atoms with Gasteiger partial charge < -0.3 is 15.7 Å². The minimum Gasteiger partial charge on any atom is -0.394 e. The van der Waals surface area contributed by atoms with E-state index in [-0.39, 0.29) is 18.6 Å². The second kappa shape index (κ2) is 5.01. The van der Waals surface area contributed by atoms with Gasteiger partial charge in [0.2, 0.25) is 0 Å². The average molecular weight is 300 g/mol. The van der Waals surface area contributed by atoms with E-state index in [4.69, 9.17) is 5.73 Å². The van der Waals surface area contributed by atoms with E-state index >= 15 is 0 Å². The van der Waals surface area contributed by atoms with Crippen LogP contribution in [-0.4, -0.2) is 40.1 Å². The molecular weight excluding hydrogens is 286 g/mol. The Morgan fingerprint density at radius 1 is 1.71 bits per heavy atom. The van der Waals surface area contributed by atoms with Crippen molar-refractivity contribution >= 4 is 27.7 Å². The summed E-state index contributed by atoms with van der Waals surface area (Å²) in [5, 5.41) is 9.21. The highest BCUT2D eigenvalue weighted by atomic mass is 79.9. The maximum atomic E-state index is 12.3. The second-order valence-corrected chi connectivity index (χ2v) is 4.92. The first-order valence-electron chi connectivity index (χ1n) is 5.46. The van der Waals surface area contributed by atoms with Crippen LogP contribution in [0.4, 0.5) is 5.82 Å². The molecule has 1 amide bonds. The number of rotatable bonds is 2. The number of likely N-dealkylation sites (tertiary alicyclic amines) is 1. The molecule has 1 aliphatic rings. The Morgan fingerprint density at radius 3 is 3.18 bits per heavy atom. The summed E-state index contributed by atoms with van der Waals surface area (Å²) in [6, 6.07) is 1.47. The fraction of sp³-hybridized carbons (Fsp3) is 0.455. The lowest BCUT2D eigenvalue weighted by Gasteiger charge is -2.23. The maximum absolute atomic E-state index is 12.3. The molecule has 2 rings (SSSR count). The topological polar surface area (TPSA) is 79.5 Å². The zero-order valence-corrected chi connectivity index (χ0v) is 10.9. The van der Waals surface area contributed by atoms with Crippen LogP contribution in [0.1, 0.15) is 23.2 Å². The number of nitrogens with two attached hydrogens (primary N) is 1. The van der Waals surface area contributed by atoms with Crippen LogP contribution in [0.3, 0.4) is 0 Å². The molecule has 0 bridgehead atoms. The Kier molecular flexibility index (Phi) is 3.63. The highest BCUT2D eigenvalue weighted by molar-refractivity contribution is 9.10. The quantitative estimate of drug-likeness (QED) is 0.855. The molecule has 2 heterocycles. The molecule has 1 atom stereocenters. The van der Waals surface area contributed by atoms with Crippen molar-refractivity contribution in [1.29, 1.82) is 0 Å². The van der Waals surface area contributed by atoms with E-state index < -0.39 is 0 Å². The van der Waals surface area contributed by atoms with E-state index in [1.807, 2.05) is 0 Å². The number of halogens is 1. The first-order valence-corrected chi connectivity index (χ1v) is 6.25. The van der Waals surface area contributed by atoms with Gasteiger partial charge in [-0.25, -0.2) is 4.98 Å². The van der Waals surface area contributed by atoms with Crippen LogP contribution in [-0.2, 0) is 0 Å². The number of aliphatic hydroxyl groups is 1. The number of nitrogens with zero attached hydrogens (tertiary/aromatic N) is 2. The molecule has 1 aliphatic heterocycles. The van der Waals surface area contributed by atoms with Crippen LogP contribution in [0.5, 0.6) is 0 Å². The van der Waals surface area contributed by atoms with Gasteiger partial charge in [0.05, 0.1) is 18.2 Å². The van der Waals surface area contributed by atoms with Crippen molar-refractivity contribution in [3.63, 3.8) is 0 Å². The molecule has 0 spiro atoms. The van der Waals surface area contributed by atoms with E-state index in [9.17, 15) is 9.90 Å². The Hall–Kier alpha value is -1.14. The third kappa shape index (κ3) is 2.42. The Morgan fingerprint density at radius 2 is 2.47 bits per heavy atom. The van der Waals surface area contributed by atoms with Crippen molar-refractivity contribution in [2.45, 2.75) is 18.9 Å². The number of aromatic nitrogens is 1. The molecule has 92 valence electrons. The van der Waals surface area contributed by atoms with E-state index in [0.717, 1.165) is 12.8 Å². The van der Waals surface area contributed by atoms with Gasteiger partial charge in [-0.05, 0) is 34.8 Å². The number of amides is 1. The van der Waals surface area contributed by atoms with Crippen LogP contribution in [0.15, 0.2) is 16.7 Å². The molecular formula is C11H14BrN3O2. The Balaban J connectivity index is 2.27. The average Bonchev–Trinajstić information content (AvgIpc) is 2.79. The van der Waals surface area contributed by atoms with Gasteiger partial charge >= 0.3 is 0 Å². The third-order valence-corrected chi connectivity index (χ3v) is 3.59. The molecule has 17 heavy (non-hydrogen) atoms. The molecule has 0 radical (unpaired) electrons. The SMILES string of the molecule is Nc1cc(C(=O)N2CCC[C@@H]2CO)c(Br)cn1. The number of hydrogen-bond acceptors (Lipinski definition) is 4. The fourth-order valence-electron chi connectivity index (χ4n) is 2.07. The van der Waals surface area contributed by atoms with Crippen LogP contribution in [0, 0.1) is 0 Å². The zero-order chi connectivity index (χ0) is 12.4. The molecule has 1 saturated heterocycles. The summed E-state index contributed by atoms with van der Waals surface area (Å²) in [7, 11) is 0.